The SMILES string of the molecule is COCCNc1ccnc(C(=O)Nc2ccc(Br)cc2C)c1. The monoisotopic (exact) mass is 363 g/mol. The van der Waals surface area contributed by atoms with E-state index in [0.717, 1.165) is 21.4 Å². The molecule has 2 rings (SSSR count). The summed E-state index contributed by atoms with van der Waals surface area (Å²) in [5.74, 6) is -0.235. The van der Waals surface area contributed by atoms with Crippen LogP contribution in [0.3, 0.4) is 0 Å². The summed E-state index contributed by atoms with van der Waals surface area (Å²) in [5.41, 5.74) is 2.96. The summed E-state index contributed by atoms with van der Waals surface area (Å²) in [6.07, 6.45) is 1.61. The molecule has 0 unspecified atom stereocenters. The highest BCUT2D eigenvalue weighted by molar-refractivity contribution is 9.10. The minimum Gasteiger partial charge on any atom is -0.383 e. The number of benzene rings is 1. The highest BCUT2D eigenvalue weighted by Gasteiger charge is 2.10. The number of hydrogen-bond donors (Lipinski definition) is 2. The highest BCUT2D eigenvalue weighted by atomic mass is 79.9. The van der Waals surface area contributed by atoms with Crippen LogP contribution in [0.2, 0.25) is 0 Å². The second kappa shape index (κ2) is 7.91. The van der Waals surface area contributed by atoms with Gasteiger partial charge in [-0.2, -0.15) is 0 Å². The fraction of sp³-hybridized carbons (Fsp3) is 0.250. The van der Waals surface area contributed by atoms with E-state index in [9.17, 15) is 4.79 Å². The summed E-state index contributed by atoms with van der Waals surface area (Å²) in [4.78, 5) is 16.4. The Morgan fingerprint density at radius 3 is 2.86 bits per heavy atom. The van der Waals surface area contributed by atoms with Crippen LogP contribution in [0.5, 0.6) is 0 Å². The summed E-state index contributed by atoms with van der Waals surface area (Å²) < 4.78 is 5.96. The van der Waals surface area contributed by atoms with Crippen molar-refractivity contribution in [1.29, 1.82) is 0 Å². The van der Waals surface area contributed by atoms with Gasteiger partial charge in [-0.1, -0.05) is 15.9 Å². The van der Waals surface area contributed by atoms with Crippen molar-refractivity contribution in [2.75, 3.05) is 30.9 Å². The van der Waals surface area contributed by atoms with Gasteiger partial charge < -0.3 is 15.4 Å². The van der Waals surface area contributed by atoms with Crippen molar-refractivity contribution in [2.45, 2.75) is 6.92 Å². The third-order valence-corrected chi connectivity index (χ3v) is 3.56. The number of halogens is 1. The molecule has 5 nitrogen and oxygen atoms in total. The zero-order chi connectivity index (χ0) is 15.9. The predicted octanol–water partition coefficient (Wildman–Crippen LogP) is 3.46. The van der Waals surface area contributed by atoms with E-state index in [1.165, 1.54) is 0 Å². The number of pyridine rings is 1. The van der Waals surface area contributed by atoms with E-state index < -0.39 is 0 Å². The highest BCUT2D eigenvalue weighted by Crippen LogP contribution is 2.20. The maximum absolute atomic E-state index is 12.3. The summed E-state index contributed by atoms with van der Waals surface area (Å²) in [5, 5.41) is 6.05. The molecule has 2 N–H and O–H groups in total. The molecule has 0 saturated heterocycles. The average Bonchev–Trinajstić information content (AvgIpc) is 2.50. The smallest absolute Gasteiger partial charge is 0.274 e. The van der Waals surface area contributed by atoms with Gasteiger partial charge in [-0.3, -0.25) is 9.78 Å². The van der Waals surface area contributed by atoms with Crippen LogP contribution in [0.25, 0.3) is 0 Å². The van der Waals surface area contributed by atoms with E-state index in [1.54, 1.807) is 19.4 Å². The molecule has 0 bridgehead atoms. The molecule has 0 atom stereocenters. The molecule has 1 amide bonds. The standard InChI is InChI=1S/C16H18BrN3O2/c1-11-9-12(17)3-4-14(11)20-16(21)15-10-13(5-6-19-15)18-7-8-22-2/h3-6,9-10H,7-8H2,1-2H3,(H,18,19)(H,20,21). The lowest BCUT2D eigenvalue weighted by Gasteiger charge is -2.10. The molecule has 0 fully saturated rings. The van der Waals surface area contributed by atoms with Crippen LogP contribution in [0, 0.1) is 6.92 Å². The number of aromatic nitrogens is 1. The zero-order valence-electron chi connectivity index (χ0n) is 12.5. The predicted molar refractivity (Wildman–Crippen MR) is 91.4 cm³/mol. The molecule has 116 valence electrons. The van der Waals surface area contributed by atoms with E-state index in [1.807, 2.05) is 31.2 Å². The molecule has 0 aliphatic heterocycles. The van der Waals surface area contributed by atoms with Gasteiger partial charge in [0.2, 0.25) is 0 Å². The Morgan fingerprint density at radius 2 is 2.14 bits per heavy atom. The number of nitrogens with one attached hydrogen (secondary N) is 2. The van der Waals surface area contributed by atoms with E-state index in [0.29, 0.717) is 18.8 Å². The molecule has 0 aliphatic rings. The van der Waals surface area contributed by atoms with Crippen molar-refractivity contribution >= 4 is 33.2 Å². The molecule has 0 spiro atoms. The van der Waals surface area contributed by atoms with Crippen LogP contribution < -0.4 is 10.6 Å². The maximum Gasteiger partial charge on any atom is 0.274 e. The van der Waals surface area contributed by atoms with Crippen molar-refractivity contribution in [3.63, 3.8) is 0 Å². The van der Waals surface area contributed by atoms with E-state index in [2.05, 4.69) is 31.5 Å². The summed E-state index contributed by atoms with van der Waals surface area (Å²) in [7, 11) is 1.65. The fourth-order valence-corrected chi connectivity index (χ4v) is 2.39. The molecular formula is C16H18BrN3O2. The van der Waals surface area contributed by atoms with Crippen LogP contribution in [0.15, 0.2) is 41.0 Å². The number of carbonyl (C=O) groups excluding carboxylic acids is 1. The Kier molecular flexibility index (Phi) is 5.91. The number of methoxy groups -OCH3 is 1. The van der Waals surface area contributed by atoms with Gasteiger partial charge in [-0.15, -0.1) is 0 Å². The fourth-order valence-electron chi connectivity index (χ4n) is 1.92. The molecule has 2 aromatic rings. The number of hydrogen-bond acceptors (Lipinski definition) is 4. The zero-order valence-corrected chi connectivity index (χ0v) is 14.1. The summed E-state index contributed by atoms with van der Waals surface area (Å²) >= 11 is 3.40. The Hall–Kier alpha value is -1.92. The number of amides is 1. The normalized spacial score (nSPS) is 10.3. The van der Waals surface area contributed by atoms with Crippen molar-refractivity contribution in [3.8, 4) is 0 Å². The number of carbonyl (C=O) groups is 1. The first-order valence-corrected chi connectivity index (χ1v) is 7.66. The van der Waals surface area contributed by atoms with Crippen molar-refractivity contribution in [1.82, 2.24) is 4.98 Å². The van der Waals surface area contributed by atoms with E-state index >= 15 is 0 Å². The van der Waals surface area contributed by atoms with Crippen LogP contribution in [-0.2, 0) is 4.74 Å². The Bertz CT molecular complexity index is 662. The molecular weight excluding hydrogens is 346 g/mol. The minimum atomic E-state index is -0.235. The summed E-state index contributed by atoms with van der Waals surface area (Å²) in [6, 6.07) is 9.24. The number of anilines is 2. The van der Waals surface area contributed by atoms with Crippen LogP contribution >= 0.6 is 15.9 Å². The van der Waals surface area contributed by atoms with Crippen molar-refractivity contribution in [2.24, 2.45) is 0 Å². The van der Waals surface area contributed by atoms with Gasteiger partial charge in [-0.05, 0) is 42.8 Å². The van der Waals surface area contributed by atoms with Crippen molar-refractivity contribution < 1.29 is 9.53 Å². The quantitative estimate of drug-likeness (QED) is 0.771. The second-order valence-electron chi connectivity index (χ2n) is 4.76. The van der Waals surface area contributed by atoms with Gasteiger partial charge in [0.05, 0.1) is 6.61 Å². The first kappa shape index (κ1) is 16.5. The number of ether oxygens (including phenoxy) is 1. The lowest BCUT2D eigenvalue weighted by Crippen LogP contribution is -2.15. The molecule has 1 aromatic heterocycles. The molecule has 22 heavy (non-hydrogen) atoms. The number of rotatable bonds is 6. The molecule has 6 heteroatoms. The second-order valence-corrected chi connectivity index (χ2v) is 5.68. The van der Waals surface area contributed by atoms with Crippen LogP contribution in [0.4, 0.5) is 11.4 Å². The van der Waals surface area contributed by atoms with Gasteiger partial charge in [0.15, 0.2) is 0 Å². The first-order chi connectivity index (χ1) is 10.6. The van der Waals surface area contributed by atoms with Crippen LogP contribution in [0.1, 0.15) is 16.1 Å². The molecule has 1 aromatic carbocycles. The Balaban J connectivity index is 2.07. The Morgan fingerprint density at radius 1 is 1.32 bits per heavy atom. The minimum absolute atomic E-state index is 0.235. The van der Waals surface area contributed by atoms with Crippen LogP contribution in [-0.4, -0.2) is 31.2 Å². The molecule has 0 saturated carbocycles. The summed E-state index contributed by atoms with van der Waals surface area (Å²) in [6.45, 7) is 3.21. The van der Waals surface area contributed by atoms with Gasteiger partial charge in [0.25, 0.3) is 5.91 Å². The maximum atomic E-state index is 12.3. The molecule has 1 heterocycles. The van der Waals surface area contributed by atoms with Gasteiger partial charge in [0, 0.05) is 35.7 Å². The van der Waals surface area contributed by atoms with Crippen molar-refractivity contribution in [3.05, 3.63) is 52.3 Å². The van der Waals surface area contributed by atoms with Gasteiger partial charge in [0.1, 0.15) is 5.69 Å². The Labute approximate surface area is 138 Å². The van der Waals surface area contributed by atoms with E-state index in [-0.39, 0.29) is 5.91 Å². The van der Waals surface area contributed by atoms with Gasteiger partial charge >= 0.3 is 0 Å². The third-order valence-electron chi connectivity index (χ3n) is 3.06. The largest absolute Gasteiger partial charge is 0.383 e. The molecule has 0 radical (unpaired) electrons. The van der Waals surface area contributed by atoms with E-state index in [4.69, 9.17) is 4.74 Å². The number of nitrogens with zero attached hydrogens (tertiary/aromatic N) is 1. The number of aryl methyl sites for hydroxylation is 1. The average molecular weight is 364 g/mol. The third kappa shape index (κ3) is 4.54. The van der Waals surface area contributed by atoms with Gasteiger partial charge in [-0.25, -0.2) is 0 Å². The lowest BCUT2D eigenvalue weighted by atomic mass is 10.2. The molecule has 0 aliphatic carbocycles. The first-order valence-electron chi connectivity index (χ1n) is 6.86. The topological polar surface area (TPSA) is 63.2 Å². The lowest BCUT2D eigenvalue weighted by molar-refractivity contribution is 0.102.